The van der Waals surface area contributed by atoms with Gasteiger partial charge in [-0.3, -0.25) is 4.79 Å². The van der Waals surface area contributed by atoms with Crippen LogP contribution in [0, 0.1) is 12.3 Å². The Hall–Kier alpha value is -0.810. The summed E-state index contributed by atoms with van der Waals surface area (Å²) in [4.78, 5) is 10.8. The van der Waals surface area contributed by atoms with E-state index in [1.54, 1.807) is 0 Å². The highest BCUT2D eigenvalue weighted by Crippen LogP contribution is 2.29. The molecule has 0 bridgehead atoms. The fourth-order valence-corrected chi connectivity index (χ4v) is 0.928. The largest absolute Gasteiger partial charge is 0.318 e. The molecule has 9 heavy (non-hydrogen) atoms. The molecule has 2 heteroatoms. The number of Topliss-reactive ketones (excluding diaryl/α,β-unsaturated/α-hetero) is 1. The molecule has 0 aromatic rings. The number of terminal acetylenes is 1. The van der Waals surface area contributed by atoms with E-state index >= 15 is 0 Å². The van der Waals surface area contributed by atoms with Crippen LogP contribution in [0.15, 0.2) is 0 Å². The number of hydrogen-bond acceptors (Lipinski definition) is 2. The summed E-state index contributed by atoms with van der Waals surface area (Å²) in [5.74, 6) is 1.80. The van der Waals surface area contributed by atoms with Gasteiger partial charge in [0, 0.05) is 0 Å². The van der Waals surface area contributed by atoms with E-state index < -0.39 is 5.54 Å². The van der Waals surface area contributed by atoms with Crippen molar-refractivity contribution in [3.63, 3.8) is 0 Å². The Balaban J connectivity index is 2.62. The van der Waals surface area contributed by atoms with Crippen molar-refractivity contribution in [1.82, 2.24) is 0 Å². The van der Waals surface area contributed by atoms with Crippen LogP contribution in [0.4, 0.5) is 0 Å². The highest BCUT2D eigenvalue weighted by Gasteiger charge is 2.38. The minimum Gasteiger partial charge on any atom is -0.318 e. The lowest BCUT2D eigenvalue weighted by Crippen LogP contribution is -2.53. The van der Waals surface area contributed by atoms with Crippen molar-refractivity contribution < 1.29 is 4.79 Å². The van der Waals surface area contributed by atoms with E-state index in [0.717, 1.165) is 19.3 Å². The first kappa shape index (κ1) is 6.31. The maximum Gasteiger partial charge on any atom is 0.224 e. The van der Waals surface area contributed by atoms with Crippen LogP contribution in [0.3, 0.4) is 0 Å². The molecule has 0 saturated heterocycles. The lowest BCUT2D eigenvalue weighted by Gasteiger charge is -2.34. The third-order valence-electron chi connectivity index (χ3n) is 1.83. The number of carbonyl (C=O) groups excluding carboxylic acids is 1. The second-order valence-corrected chi connectivity index (χ2v) is 2.48. The van der Waals surface area contributed by atoms with Gasteiger partial charge in [0.15, 0.2) is 0 Å². The van der Waals surface area contributed by atoms with Gasteiger partial charge in [0.25, 0.3) is 0 Å². The van der Waals surface area contributed by atoms with Gasteiger partial charge in [0.1, 0.15) is 0 Å². The summed E-state index contributed by atoms with van der Waals surface area (Å²) in [5, 5.41) is 0. The molecule has 0 unspecified atom stereocenters. The van der Waals surface area contributed by atoms with Crippen LogP contribution in [0.2, 0.25) is 0 Å². The normalized spacial score (nSPS) is 21.8. The summed E-state index contributed by atoms with van der Waals surface area (Å²) in [7, 11) is 0. The Morgan fingerprint density at radius 2 is 2.22 bits per heavy atom. The van der Waals surface area contributed by atoms with Crippen LogP contribution in [-0.2, 0) is 4.79 Å². The van der Waals surface area contributed by atoms with Crippen molar-refractivity contribution in [2.45, 2.75) is 24.8 Å². The lowest BCUT2D eigenvalue weighted by molar-refractivity contribution is -0.121. The molecule has 0 spiro atoms. The monoisotopic (exact) mass is 123 g/mol. The standard InChI is InChI=1S/C7H9NO/c1-2-6(9)7(8)4-3-5-7/h1H,3-5,8H2. The van der Waals surface area contributed by atoms with Gasteiger partial charge in [-0.1, -0.05) is 0 Å². The first-order valence-electron chi connectivity index (χ1n) is 2.99. The smallest absolute Gasteiger partial charge is 0.224 e. The first-order valence-corrected chi connectivity index (χ1v) is 2.99. The quantitative estimate of drug-likeness (QED) is 0.396. The van der Waals surface area contributed by atoms with E-state index in [1.807, 2.05) is 5.92 Å². The third kappa shape index (κ3) is 0.839. The predicted octanol–water partition coefficient (Wildman–Crippen LogP) is 0.0701. The number of carbonyl (C=O) groups is 1. The number of nitrogens with two attached hydrogens (primary N) is 1. The molecular weight excluding hydrogens is 114 g/mol. The van der Waals surface area contributed by atoms with Gasteiger partial charge in [-0.2, -0.15) is 0 Å². The molecular formula is C7H9NO. The van der Waals surface area contributed by atoms with Crippen LogP contribution in [0.5, 0.6) is 0 Å². The maximum atomic E-state index is 10.8. The second-order valence-electron chi connectivity index (χ2n) is 2.48. The van der Waals surface area contributed by atoms with Gasteiger partial charge < -0.3 is 5.73 Å². The van der Waals surface area contributed by atoms with E-state index in [1.165, 1.54) is 0 Å². The number of rotatable bonds is 1. The van der Waals surface area contributed by atoms with Crippen molar-refractivity contribution in [2.24, 2.45) is 5.73 Å². The van der Waals surface area contributed by atoms with Gasteiger partial charge in [-0.25, -0.2) is 0 Å². The molecule has 0 heterocycles. The maximum absolute atomic E-state index is 10.8. The first-order chi connectivity index (χ1) is 4.19. The minimum absolute atomic E-state index is 0.242. The van der Waals surface area contributed by atoms with Gasteiger partial charge in [0.05, 0.1) is 5.54 Å². The molecule has 0 aromatic heterocycles. The zero-order valence-corrected chi connectivity index (χ0v) is 5.18. The van der Waals surface area contributed by atoms with Crippen LogP contribution in [0.1, 0.15) is 19.3 Å². The zero-order chi connectivity index (χ0) is 6.91. The molecule has 2 N–H and O–H groups in total. The van der Waals surface area contributed by atoms with Crippen molar-refractivity contribution in [2.75, 3.05) is 0 Å². The highest BCUT2D eigenvalue weighted by atomic mass is 16.1. The molecule has 1 rings (SSSR count). The fraction of sp³-hybridized carbons (Fsp3) is 0.571. The fourth-order valence-electron chi connectivity index (χ4n) is 0.928. The van der Waals surface area contributed by atoms with E-state index in [2.05, 4.69) is 0 Å². The van der Waals surface area contributed by atoms with Crippen LogP contribution < -0.4 is 5.73 Å². The molecule has 1 saturated carbocycles. The molecule has 2 nitrogen and oxygen atoms in total. The molecule has 0 radical (unpaired) electrons. The Kier molecular flexibility index (Phi) is 1.30. The Labute approximate surface area is 54.4 Å². The zero-order valence-electron chi connectivity index (χ0n) is 5.18. The summed E-state index contributed by atoms with van der Waals surface area (Å²) in [5.41, 5.74) is 4.92. The topological polar surface area (TPSA) is 43.1 Å². The molecule has 1 fully saturated rings. The molecule has 0 amide bonds. The summed E-state index contributed by atoms with van der Waals surface area (Å²) >= 11 is 0. The van der Waals surface area contributed by atoms with Crippen LogP contribution >= 0.6 is 0 Å². The summed E-state index contributed by atoms with van der Waals surface area (Å²) in [6.45, 7) is 0. The molecule has 0 aliphatic heterocycles. The molecule has 48 valence electrons. The van der Waals surface area contributed by atoms with E-state index in [0.29, 0.717) is 0 Å². The van der Waals surface area contributed by atoms with E-state index in [4.69, 9.17) is 12.2 Å². The van der Waals surface area contributed by atoms with Gasteiger partial charge in [0.2, 0.25) is 5.78 Å². The Morgan fingerprint density at radius 1 is 1.67 bits per heavy atom. The average Bonchev–Trinajstić information content (AvgIpc) is 1.81. The van der Waals surface area contributed by atoms with Gasteiger partial charge >= 0.3 is 0 Å². The van der Waals surface area contributed by atoms with Crippen molar-refractivity contribution in [3.8, 4) is 12.3 Å². The van der Waals surface area contributed by atoms with Crippen LogP contribution in [0.25, 0.3) is 0 Å². The summed E-state index contributed by atoms with van der Waals surface area (Å²) < 4.78 is 0. The van der Waals surface area contributed by atoms with E-state index in [9.17, 15) is 4.79 Å². The van der Waals surface area contributed by atoms with Gasteiger partial charge in [-0.15, -0.1) is 6.42 Å². The SMILES string of the molecule is C#CC(=O)C1(N)CCC1. The highest BCUT2D eigenvalue weighted by molar-refractivity contribution is 6.02. The second kappa shape index (κ2) is 1.85. The van der Waals surface area contributed by atoms with Crippen molar-refractivity contribution in [3.05, 3.63) is 0 Å². The molecule has 0 aromatic carbocycles. The number of hydrogen-bond donors (Lipinski definition) is 1. The Morgan fingerprint density at radius 3 is 2.33 bits per heavy atom. The van der Waals surface area contributed by atoms with Gasteiger partial charge in [-0.05, 0) is 25.2 Å². The predicted molar refractivity (Wildman–Crippen MR) is 34.6 cm³/mol. The third-order valence-corrected chi connectivity index (χ3v) is 1.83. The Bertz CT molecular complexity index is 174. The summed E-state index contributed by atoms with van der Waals surface area (Å²) in [6, 6.07) is 0. The summed E-state index contributed by atoms with van der Waals surface area (Å²) in [6.07, 6.45) is 7.44. The minimum atomic E-state index is -0.644. The molecule has 0 atom stereocenters. The van der Waals surface area contributed by atoms with Crippen molar-refractivity contribution in [1.29, 1.82) is 0 Å². The van der Waals surface area contributed by atoms with Crippen LogP contribution in [-0.4, -0.2) is 11.3 Å². The average molecular weight is 123 g/mol. The van der Waals surface area contributed by atoms with E-state index in [-0.39, 0.29) is 5.78 Å². The lowest BCUT2D eigenvalue weighted by atomic mass is 9.75. The molecule has 1 aliphatic carbocycles. The van der Waals surface area contributed by atoms with Crippen molar-refractivity contribution >= 4 is 5.78 Å². The number of ketones is 1. The molecule has 1 aliphatic rings.